The number of amides is 1. The molecule has 298 valence electrons. The maximum atomic E-state index is 13.9. The molecule has 0 aromatic heterocycles. The molecular weight excluding hydrogens is 814 g/mol. The van der Waals surface area contributed by atoms with Crippen LogP contribution in [0.2, 0.25) is 5.32 Å². The van der Waals surface area contributed by atoms with Gasteiger partial charge in [-0.1, -0.05) is 12.1 Å². The number of carbonyl (C=O) groups excluding carboxylic acids is 5. The van der Waals surface area contributed by atoms with Gasteiger partial charge in [-0.05, 0) is 13.0 Å². The summed E-state index contributed by atoms with van der Waals surface area (Å²) in [6, 6.07) is 9.56. The monoisotopic (exact) mass is 851 g/mol. The summed E-state index contributed by atoms with van der Waals surface area (Å²) in [6.07, 6.45) is -12.9. The molecule has 0 spiro atoms. The molecule has 1 heterocycles. The Labute approximate surface area is 323 Å². The standard InChI is InChI=1S/C38H36F3NO13Se/c1-16-35(55-25(44)15-56-19-10-8-18(51-3)9-11-19)22(42-36(49)38(39,40)41)12-26(53-16)54-24-14-37(50,17(2)43)13-21-28(24)34(48)30-29(32(21)46)31(45)20-6-5-7-23(52-4)27(20)33(30)47/h5-11,16,22,24,26,35,46,48,50H,12-15H2,1-4H3,(H,42,49)/t16-,22-,24-,26-,35-,37-/m0/s1. The third-order valence-electron chi connectivity index (χ3n) is 9.98. The summed E-state index contributed by atoms with van der Waals surface area (Å²) < 4.78 is 69.4. The first-order chi connectivity index (χ1) is 26.4. The number of esters is 1. The Bertz CT molecular complexity index is 2110. The number of ketones is 3. The second kappa shape index (κ2) is 15.5. The molecule has 14 nitrogen and oxygen atoms in total. The normalized spacial score (nSPS) is 24.3. The predicted molar refractivity (Wildman–Crippen MR) is 187 cm³/mol. The number of fused-ring (bicyclic) bond motifs is 3. The number of nitrogens with one attached hydrogen (secondary N) is 1. The number of benzene rings is 3. The maximum absolute atomic E-state index is 13.9. The third-order valence-corrected chi connectivity index (χ3v) is 12.0. The first-order valence-corrected chi connectivity index (χ1v) is 19.2. The number of Topliss-reactive ketones (excluding diaryl/α,β-unsaturated/α-hetero) is 1. The molecule has 1 fully saturated rings. The second-order valence-electron chi connectivity index (χ2n) is 13.5. The van der Waals surface area contributed by atoms with Crippen molar-refractivity contribution in [3.05, 3.63) is 75.8 Å². The van der Waals surface area contributed by atoms with Gasteiger partial charge < -0.3 is 9.84 Å². The van der Waals surface area contributed by atoms with Crippen LogP contribution in [0.1, 0.15) is 75.8 Å². The molecule has 0 unspecified atom stereocenters. The number of hydrogen-bond donors (Lipinski definition) is 4. The first kappa shape index (κ1) is 40.7. The van der Waals surface area contributed by atoms with Gasteiger partial charge in [-0.2, -0.15) is 0 Å². The molecule has 6 rings (SSSR count). The number of methoxy groups -OCH3 is 2. The van der Waals surface area contributed by atoms with Gasteiger partial charge in [-0.15, -0.1) is 0 Å². The Hall–Kier alpha value is -5.00. The topological polar surface area (TPSA) is 204 Å². The first-order valence-electron chi connectivity index (χ1n) is 17.1. The summed E-state index contributed by atoms with van der Waals surface area (Å²) in [6.45, 7) is 2.43. The van der Waals surface area contributed by atoms with E-state index in [9.17, 15) is 52.5 Å². The van der Waals surface area contributed by atoms with Crippen LogP contribution < -0.4 is 19.3 Å². The number of aromatic hydroxyl groups is 2. The van der Waals surface area contributed by atoms with Crippen molar-refractivity contribution < 1.29 is 76.1 Å². The minimum atomic E-state index is -5.32. The van der Waals surface area contributed by atoms with Crippen LogP contribution in [0.4, 0.5) is 13.2 Å². The van der Waals surface area contributed by atoms with Gasteiger partial charge in [-0.3, -0.25) is 14.4 Å². The average molecular weight is 851 g/mol. The van der Waals surface area contributed by atoms with E-state index in [1.54, 1.807) is 24.3 Å². The molecule has 0 saturated carbocycles. The van der Waals surface area contributed by atoms with Crippen LogP contribution in [0.25, 0.3) is 0 Å². The summed E-state index contributed by atoms with van der Waals surface area (Å²) >= 11 is -0.438. The quantitative estimate of drug-likeness (QED) is 0.103. The molecule has 4 N–H and O–H groups in total. The van der Waals surface area contributed by atoms with Crippen molar-refractivity contribution >= 4 is 48.6 Å². The Morgan fingerprint density at radius 1 is 0.982 bits per heavy atom. The zero-order valence-electron chi connectivity index (χ0n) is 30.2. The van der Waals surface area contributed by atoms with Crippen molar-refractivity contribution in [2.75, 3.05) is 14.2 Å². The van der Waals surface area contributed by atoms with E-state index in [0.29, 0.717) is 5.75 Å². The van der Waals surface area contributed by atoms with E-state index in [1.807, 2.05) is 5.32 Å². The van der Waals surface area contributed by atoms with Gasteiger partial charge >= 0.3 is 234 Å². The second-order valence-corrected chi connectivity index (χ2v) is 15.7. The van der Waals surface area contributed by atoms with Crippen LogP contribution in [-0.2, 0) is 35.0 Å². The van der Waals surface area contributed by atoms with Crippen LogP contribution in [0.15, 0.2) is 42.5 Å². The van der Waals surface area contributed by atoms with E-state index < -0.39 is 128 Å². The number of ether oxygens (including phenoxy) is 5. The van der Waals surface area contributed by atoms with Crippen molar-refractivity contribution in [3.8, 4) is 23.0 Å². The Kier molecular flexibility index (Phi) is 11.3. The number of alkyl halides is 3. The number of halogens is 3. The fourth-order valence-corrected chi connectivity index (χ4v) is 8.61. The predicted octanol–water partition coefficient (Wildman–Crippen LogP) is 2.76. The van der Waals surface area contributed by atoms with Gasteiger partial charge in [0, 0.05) is 5.56 Å². The number of hydrogen-bond acceptors (Lipinski definition) is 13. The number of phenolic OH excluding ortho intramolecular Hbond substituents is 2. The Balaban J connectivity index is 1.32. The molecule has 0 bridgehead atoms. The summed E-state index contributed by atoms with van der Waals surface area (Å²) in [4.78, 5) is 65.7. The molecular formula is C38H36F3NO13Se. The summed E-state index contributed by atoms with van der Waals surface area (Å²) in [5.74, 6) is -6.63. The van der Waals surface area contributed by atoms with Crippen LogP contribution in [0.3, 0.4) is 0 Å². The van der Waals surface area contributed by atoms with Crippen molar-refractivity contribution in [1.29, 1.82) is 0 Å². The summed E-state index contributed by atoms with van der Waals surface area (Å²) in [5, 5.41) is 36.5. The average Bonchev–Trinajstić information content (AvgIpc) is 3.15. The van der Waals surface area contributed by atoms with Crippen molar-refractivity contribution in [1.82, 2.24) is 5.32 Å². The van der Waals surface area contributed by atoms with E-state index in [4.69, 9.17) is 23.7 Å². The van der Waals surface area contributed by atoms with Gasteiger partial charge in [0.15, 0.2) is 5.78 Å². The van der Waals surface area contributed by atoms with Crippen molar-refractivity contribution in [3.63, 3.8) is 0 Å². The van der Waals surface area contributed by atoms with E-state index in [0.717, 1.165) is 11.4 Å². The van der Waals surface area contributed by atoms with Gasteiger partial charge in [0.05, 0.1) is 18.2 Å². The van der Waals surface area contributed by atoms with Crippen LogP contribution in [0, 0.1) is 0 Å². The number of aliphatic hydroxyl groups is 1. The molecule has 1 saturated heterocycles. The molecule has 3 aliphatic rings. The van der Waals surface area contributed by atoms with E-state index >= 15 is 0 Å². The molecule has 6 atom stereocenters. The van der Waals surface area contributed by atoms with Gasteiger partial charge in [0.2, 0.25) is 5.78 Å². The Morgan fingerprint density at radius 2 is 1.66 bits per heavy atom. The van der Waals surface area contributed by atoms with Gasteiger partial charge in [0.25, 0.3) is 0 Å². The Morgan fingerprint density at radius 3 is 2.29 bits per heavy atom. The van der Waals surface area contributed by atoms with Crippen LogP contribution in [-0.4, -0.2) is 110 Å². The van der Waals surface area contributed by atoms with E-state index in [-0.39, 0.29) is 33.3 Å². The van der Waals surface area contributed by atoms with Crippen molar-refractivity contribution in [2.24, 2.45) is 0 Å². The molecule has 0 radical (unpaired) electrons. The molecule has 18 heteroatoms. The summed E-state index contributed by atoms with van der Waals surface area (Å²) in [5.41, 5.74) is -4.32. The van der Waals surface area contributed by atoms with Gasteiger partial charge in [-0.25, -0.2) is 0 Å². The van der Waals surface area contributed by atoms with E-state index in [2.05, 4.69) is 0 Å². The molecule has 1 aliphatic heterocycles. The molecule has 1 amide bonds. The fraction of sp³-hybridized carbons (Fsp3) is 0.395. The number of phenols is 2. The van der Waals surface area contributed by atoms with Gasteiger partial charge in [0.1, 0.15) is 5.75 Å². The fourth-order valence-electron chi connectivity index (χ4n) is 7.18. The third kappa shape index (κ3) is 7.58. The molecule has 2 aliphatic carbocycles. The van der Waals surface area contributed by atoms with Crippen LogP contribution >= 0.6 is 0 Å². The van der Waals surface area contributed by atoms with Crippen molar-refractivity contribution in [2.45, 2.75) is 80.9 Å². The zero-order chi connectivity index (χ0) is 40.9. The molecule has 3 aromatic rings. The number of rotatable bonds is 10. The van der Waals surface area contributed by atoms with E-state index in [1.165, 1.54) is 39.3 Å². The summed E-state index contributed by atoms with van der Waals surface area (Å²) in [7, 11) is 2.77. The zero-order valence-corrected chi connectivity index (χ0v) is 31.9. The molecule has 3 aromatic carbocycles. The SMILES string of the molecule is COc1ccc([Se]CC(=O)O[C@@H]2[C@@H](NC(=O)C(F)(F)F)C[C@H](O[C@H]3C[C@](O)(C(C)=O)Cc4c(O)c5c(c(O)c43)C(=O)c3c(OC)cccc3C5=O)O[C@H]2C)cc1. The molecule has 56 heavy (non-hydrogen) atoms. The number of carbonyl (C=O) groups is 5. The minimum absolute atomic E-state index is 0.00967. The van der Waals surface area contributed by atoms with Crippen LogP contribution in [0.5, 0.6) is 23.0 Å².